The summed E-state index contributed by atoms with van der Waals surface area (Å²) in [5.41, 5.74) is 0.197. The Bertz CT molecular complexity index is 508. The fraction of sp³-hybridized carbons (Fsp3) is 0.308. The third kappa shape index (κ3) is 4.36. The van der Waals surface area contributed by atoms with Gasteiger partial charge in [0.15, 0.2) is 5.76 Å². The highest BCUT2D eigenvalue weighted by atomic mass is 16.5. The van der Waals surface area contributed by atoms with Gasteiger partial charge in [0.05, 0.1) is 19.9 Å². The Morgan fingerprint density at radius 1 is 1.20 bits per heavy atom. The van der Waals surface area contributed by atoms with Crippen molar-refractivity contribution >= 4 is 11.7 Å². The Morgan fingerprint density at radius 3 is 2.35 bits per heavy atom. The van der Waals surface area contributed by atoms with Crippen molar-refractivity contribution in [2.24, 2.45) is 10.2 Å². The SMILES string of the molecule is COC/C(O)=C(/N=Nc1ccc(OC)cc1)C(=O)OC. The normalized spacial score (nSPS) is 12.2. The lowest BCUT2D eigenvalue weighted by atomic mass is 10.3. The molecule has 0 saturated carbocycles. The van der Waals surface area contributed by atoms with E-state index in [4.69, 9.17) is 9.47 Å². The summed E-state index contributed by atoms with van der Waals surface area (Å²) in [6.07, 6.45) is 0. The van der Waals surface area contributed by atoms with E-state index in [2.05, 4.69) is 15.0 Å². The molecule has 0 amide bonds. The van der Waals surface area contributed by atoms with Gasteiger partial charge < -0.3 is 19.3 Å². The number of ether oxygens (including phenoxy) is 3. The summed E-state index contributed by atoms with van der Waals surface area (Å²) in [5, 5.41) is 17.2. The second kappa shape index (κ2) is 7.90. The first kappa shape index (κ1) is 15.6. The molecule has 0 radical (unpaired) electrons. The molecule has 108 valence electrons. The van der Waals surface area contributed by atoms with Crippen molar-refractivity contribution in [3.63, 3.8) is 0 Å². The van der Waals surface area contributed by atoms with Gasteiger partial charge in [-0.1, -0.05) is 0 Å². The number of aliphatic hydroxyl groups excluding tert-OH is 1. The number of methoxy groups -OCH3 is 3. The van der Waals surface area contributed by atoms with E-state index in [1.807, 2.05) is 0 Å². The van der Waals surface area contributed by atoms with Crippen molar-refractivity contribution in [1.82, 2.24) is 0 Å². The third-order valence-electron chi connectivity index (χ3n) is 2.27. The monoisotopic (exact) mass is 280 g/mol. The third-order valence-corrected chi connectivity index (χ3v) is 2.27. The standard InChI is InChI=1S/C13H16N2O5/c1-18-8-11(16)12(13(17)20-3)15-14-9-4-6-10(19-2)7-5-9/h4-7,16H,8H2,1-3H3/b12-11-,15-14?. The molecule has 1 aromatic rings. The second-order valence-electron chi connectivity index (χ2n) is 3.62. The Labute approximate surface area is 116 Å². The van der Waals surface area contributed by atoms with E-state index in [9.17, 15) is 9.90 Å². The molecule has 20 heavy (non-hydrogen) atoms. The summed E-state index contributed by atoms with van der Waals surface area (Å²) in [6, 6.07) is 6.71. The van der Waals surface area contributed by atoms with Gasteiger partial charge in [-0.15, -0.1) is 5.11 Å². The molecule has 0 fully saturated rings. The smallest absolute Gasteiger partial charge is 0.362 e. The van der Waals surface area contributed by atoms with Gasteiger partial charge in [-0.2, -0.15) is 5.11 Å². The molecule has 7 heteroatoms. The summed E-state index contributed by atoms with van der Waals surface area (Å²) < 4.78 is 14.3. The number of benzene rings is 1. The van der Waals surface area contributed by atoms with E-state index in [0.29, 0.717) is 11.4 Å². The van der Waals surface area contributed by atoms with Crippen LogP contribution in [-0.2, 0) is 14.3 Å². The van der Waals surface area contributed by atoms with Crippen molar-refractivity contribution in [2.45, 2.75) is 0 Å². The molecule has 7 nitrogen and oxygen atoms in total. The maximum atomic E-state index is 11.5. The molecule has 0 atom stereocenters. The van der Waals surface area contributed by atoms with E-state index >= 15 is 0 Å². The number of nitrogens with zero attached hydrogens (tertiary/aromatic N) is 2. The zero-order chi connectivity index (χ0) is 15.0. The molecule has 0 bridgehead atoms. The summed E-state index contributed by atoms with van der Waals surface area (Å²) in [7, 11) is 4.12. The van der Waals surface area contributed by atoms with Gasteiger partial charge in [-0.25, -0.2) is 4.79 Å². The predicted octanol–water partition coefficient (Wildman–Crippen LogP) is 2.37. The molecule has 0 spiro atoms. The maximum Gasteiger partial charge on any atom is 0.362 e. The molecular weight excluding hydrogens is 264 g/mol. The van der Waals surface area contributed by atoms with Crippen LogP contribution >= 0.6 is 0 Å². The Morgan fingerprint density at radius 2 is 1.85 bits per heavy atom. The van der Waals surface area contributed by atoms with E-state index in [0.717, 1.165) is 0 Å². The quantitative estimate of drug-likeness (QED) is 0.374. The van der Waals surface area contributed by atoms with Crippen LogP contribution in [0.4, 0.5) is 5.69 Å². The van der Waals surface area contributed by atoms with Crippen molar-refractivity contribution in [3.05, 3.63) is 35.7 Å². The number of rotatable bonds is 6. The molecule has 1 rings (SSSR count). The fourth-order valence-electron chi connectivity index (χ4n) is 1.27. The van der Waals surface area contributed by atoms with Gasteiger partial charge in [-0.3, -0.25) is 0 Å². The van der Waals surface area contributed by atoms with E-state index in [1.54, 1.807) is 31.4 Å². The molecule has 1 aromatic carbocycles. The lowest BCUT2D eigenvalue weighted by Gasteiger charge is -2.03. The van der Waals surface area contributed by atoms with Crippen molar-refractivity contribution in [1.29, 1.82) is 0 Å². The number of esters is 1. The average Bonchev–Trinajstić information content (AvgIpc) is 2.48. The van der Waals surface area contributed by atoms with Crippen molar-refractivity contribution < 1.29 is 24.1 Å². The highest BCUT2D eigenvalue weighted by molar-refractivity contribution is 5.88. The highest BCUT2D eigenvalue weighted by Crippen LogP contribution is 2.19. The van der Waals surface area contributed by atoms with Crippen LogP contribution in [0.2, 0.25) is 0 Å². The largest absolute Gasteiger partial charge is 0.507 e. The highest BCUT2D eigenvalue weighted by Gasteiger charge is 2.15. The number of carbonyl (C=O) groups is 1. The van der Waals surface area contributed by atoms with Crippen LogP contribution in [-0.4, -0.2) is 39.0 Å². The summed E-state index contributed by atoms with van der Waals surface area (Å²) in [6.45, 7) is -0.161. The number of hydrogen-bond donors (Lipinski definition) is 1. The zero-order valence-corrected chi connectivity index (χ0v) is 11.5. The fourth-order valence-corrected chi connectivity index (χ4v) is 1.27. The minimum Gasteiger partial charge on any atom is -0.507 e. The average molecular weight is 280 g/mol. The first-order valence-corrected chi connectivity index (χ1v) is 5.67. The molecule has 0 aliphatic heterocycles. The van der Waals surface area contributed by atoms with Crippen LogP contribution < -0.4 is 4.74 Å². The van der Waals surface area contributed by atoms with Crippen LogP contribution in [0.5, 0.6) is 5.75 Å². The second-order valence-corrected chi connectivity index (χ2v) is 3.62. The Kier molecular flexibility index (Phi) is 6.18. The number of hydrogen-bond acceptors (Lipinski definition) is 7. The minimum atomic E-state index is -0.795. The van der Waals surface area contributed by atoms with Gasteiger partial charge in [0, 0.05) is 7.11 Å². The minimum absolute atomic E-state index is 0.161. The van der Waals surface area contributed by atoms with Crippen LogP contribution in [0.25, 0.3) is 0 Å². The van der Waals surface area contributed by atoms with Gasteiger partial charge in [-0.05, 0) is 24.3 Å². The van der Waals surface area contributed by atoms with Crippen LogP contribution in [0.3, 0.4) is 0 Å². The lowest BCUT2D eigenvalue weighted by molar-refractivity contribution is -0.136. The lowest BCUT2D eigenvalue weighted by Crippen LogP contribution is -2.08. The molecule has 0 aliphatic carbocycles. The Balaban J connectivity index is 2.96. The van der Waals surface area contributed by atoms with Crippen molar-refractivity contribution in [3.8, 4) is 5.75 Å². The Hall–Kier alpha value is -2.41. The molecule has 1 N–H and O–H groups in total. The number of azo groups is 1. The first-order valence-electron chi connectivity index (χ1n) is 5.67. The molecule has 0 aliphatic rings. The predicted molar refractivity (Wildman–Crippen MR) is 71.1 cm³/mol. The van der Waals surface area contributed by atoms with Crippen LogP contribution in [0.1, 0.15) is 0 Å². The maximum absolute atomic E-state index is 11.5. The van der Waals surface area contributed by atoms with Crippen LogP contribution in [0.15, 0.2) is 46.0 Å². The van der Waals surface area contributed by atoms with E-state index in [-0.39, 0.29) is 18.1 Å². The first-order chi connectivity index (χ1) is 9.62. The summed E-state index contributed by atoms with van der Waals surface area (Å²) in [4.78, 5) is 11.5. The molecule has 0 heterocycles. The van der Waals surface area contributed by atoms with Crippen LogP contribution in [0, 0.1) is 0 Å². The van der Waals surface area contributed by atoms with Gasteiger partial charge in [0.2, 0.25) is 5.70 Å². The molecule has 0 aromatic heterocycles. The number of carbonyl (C=O) groups excluding carboxylic acids is 1. The van der Waals surface area contributed by atoms with Gasteiger partial charge in [0.25, 0.3) is 0 Å². The molecule has 0 unspecified atom stereocenters. The molecule has 0 saturated heterocycles. The topological polar surface area (TPSA) is 89.7 Å². The van der Waals surface area contributed by atoms with E-state index in [1.165, 1.54) is 14.2 Å². The zero-order valence-electron chi connectivity index (χ0n) is 11.5. The van der Waals surface area contributed by atoms with Gasteiger partial charge >= 0.3 is 5.97 Å². The van der Waals surface area contributed by atoms with E-state index < -0.39 is 5.97 Å². The van der Waals surface area contributed by atoms with Crippen molar-refractivity contribution in [2.75, 3.05) is 27.9 Å². The van der Waals surface area contributed by atoms with Gasteiger partial charge in [0.1, 0.15) is 12.4 Å². The molecular formula is C13H16N2O5. The number of aliphatic hydroxyl groups is 1. The summed E-state index contributed by atoms with van der Waals surface area (Å²) >= 11 is 0. The summed E-state index contributed by atoms with van der Waals surface area (Å²) in [5.74, 6) is -0.469.